The van der Waals surface area contributed by atoms with Gasteiger partial charge in [0.15, 0.2) is 0 Å². The molecule has 2 N–H and O–H groups in total. The van der Waals surface area contributed by atoms with Gasteiger partial charge < -0.3 is 5.32 Å². The fourth-order valence-corrected chi connectivity index (χ4v) is 2.55. The topological polar surface area (TPSA) is 58.2 Å². The molecule has 0 aliphatic rings. The molecule has 5 heteroatoms. The van der Waals surface area contributed by atoms with Crippen LogP contribution in [-0.4, -0.2) is 13.7 Å². The van der Waals surface area contributed by atoms with Crippen LogP contribution in [0.5, 0.6) is 0 Å². The second kappa shape index (κ2) is 6.83. The van der Waals surface area contributed by atoms with Gasteiger partial charge in [-0.3, -0.25) is 4.72 Å². The standard InChI is InChI=1S/C17H22N2O2S/c1-13(2)22(20,21)19-17-10-6-15(7-11-17)12-18-16-8-4-14(3)5-9-16/h4-11,13,18-19H,12H2,1-3H3. The lowest BCUT2D eigenvalue weighted by atomic mass is 10.2. The van der Waals surface area contributed by atoms with Crippen molar-refractivity contribution in [2.45, 2.75) is 32.6 Å². The van der Waals surface area contributed by atoms with Gasteiger partial charge in [0.1, 0.15) is 0 Å². The average molecular weight is 318 g/mol. The number of hydrogen-bond acceptors (Lipinski definition) is 3. The van der Waals surface area contributed by atoms with E-state index in [0.717, 1.165) is 11.3 Å². The van der Waals surface area contributed by atoms with Crippen molar-refractivity contribution in [2.75, 3.05) is 10.0 Å². The Morgan fingerprint density at radius 2 is 1.45 bits per heavy atom. The monoisotopic (exact) mass is 318 g/mol. The van der Waals surface area contributed by atoms with Crippen LogP contribution in [-0.2, 0) is 16.6 Å². The summed E-state index contributed by atoms with van der Waals surface area (Å²) in [5, 5.41) is 2.89. The Balaban J connectivity index is 1.96. The lowest BCUT2D eigenvalue weighted by Crippen LogP contribution is -2.22. The van der Waals surface area contributed by atoms with Crippen LogP contribution >= 0.6 is 0 Å². The van der Waals surface area contributed by atoms with E-state index in [9.17, 15) is 8.42 Å². The zero-order valence-corrected chi connectivity index (χ0v) is 13.9. The molecule has 2 aromatic rings. The molecule has 0 bridgehead atoms. The van der Waals surface area contributed by atoms with Gasteiger partial charge in [-0.2, -0.15) is 0 Å². The molecule has 0 spiro atoms. The van der Waals surface area contributed by atoms with Gasteiger partial charge in [-0.05, 0) is 50.6 Å². The lowest BCUT2D eigenvalue weighted by molar-refractivity contribution is 0.593. The van der Waals surface area contributed by atoms with Crippen LogP contribution in [0.25, 0.3) is 0 Å². The van der Waals surface area contributed by atoms with Crippen molar-refractivity contribution < 1.29 is 8.42 Å². The van der Waals surface area contributed by atoms with E-state index >= 15 is 0 Å². The Bertz CT molecular complexity index is 705. The number of sulfonamides is 1. The molecule has 118 valence electrons. The molecule has 4 nitrogen and oxygen atoms in total. The Labute approximate surface area is 132 Å². The minimum absolute atomic E-state index is 0.449. The number of hydrogen-bond donors (Lipinski definition) is 2. The molecule has 0 atom stereocenters. The molecule has 0 unspecified atom stereocenters. The summed E-state index contributed by atoms with van der Waals surface area (Å²) in [5.41, 5.74) is 3.98. The zero-order valence-electron chi connectivity index (χ0n) is 13.1. The number of anilines is 2. The third-order valence-electron chi connectivity index (χ3n) is 3.38. The first-order chi connectivity index (χ1) is 10.4. The van der Waals surface area contributed by atoms with E-state index in [-0.39, 0.29) is 0 Å². The molecule has 0 radical (unpaired) electrons. The van der Waals surface area contributed by atoms with Crippen LogP contribution in [0.15, 0.2) is 48.5 Å². The van der Waals surface area contributed by atoms with Crippen LogP contribution < -0.4 is 10.0 Å². The van der Waals surface area contributed by atoms with E-state index in [4.69, 9.17) is 0 Å². The van der Waals surface area contributed by atoms with Gasteiger partial charge in [-0.15, -0.1) is 0 Å². The van der Waals surface area contributed by atoms with Crippen LogP contribution in [0.1, 0.15) is 25.0 Å². The van der Waals surface area contributed by atoms with Crippen LogP contribution in [0, 0.1) is 6.92 Å². The quantitative estimate of drug-likeness (QED) is 0.852. The fraction of sp³-hybridized carbons (Fsp3) is 0.294. The molecule has 2 aromatic carbocycles. The van der Waals surface area contributed by atoms with E-state index in [2.05, 4.69) is 29.1 Å². The van der Waals surface area contributed by atoms with Crippen molar-refractivity contribution in [2.24, 2.45) is 0 Å². The van der Waals surface area contributed by atoms with Gasteiger partial charge in [0.05, 0.1) is 5.25 Å². The first-order valence-electron chi connectivity index (χ1n) is 7.28. The molecule has 0 aromatic heterocycles. The number of nitrogens with one attached hydrogen (secondary N) is 2. The Morgan fingerprint density at radius 3 is 2.00 bits per heavy atom. The van der Waals surface area contributed by atoms with Gasteiger partial charge in [0.25, 0.3) is 0 Å². The molecule has 0 fully saturated rings. The Kier molecular flexibility index (Phi) is 5.08. The Morgan fingerprint density at radius 1 is 0.909 bits per heavy atom. The second-order valence-electron chi connectivity index (χ2n) is 5.61. The Hall–Kier alpha value is -2.01. The highest BCUT2D eigenvalue weighted by atomic mass is 32.2. The largest absolute Gasteiger partial charge is 0.381 e. The molecule has 0 aliphatic heterocycles. The highest BCUT2D eigenvalue weighted by Gasteiger charge is 2.15. The van der Waals surface area contributed by atoms with Crippen molar-refractivity contribution in [3.05, 3.63) is 59.7 Å². The molecule has 0 saturated carbocycles. The zero-order chi connectivity index (χ0) is 16.2. The van der Waals surface area contributed by atoms with Crippen molar-refractivity contribution in [1.29, 1.82) is 0 Å². The smallest absolute Gasteiger partial charge is 0.235 e. The van der Waals surface area contributed by atoms with Crippen LogP contribution in [0.4, 0.5) is 11.4 Å². The van der Waals surface area contributed by atoms with Crippen LogP contribution in [0.2, 0.25) is 0 Å². The summed E-state index contributed by atoms with van der Waals surface area (Å²) in [6.07, 6.45) is 0. The summed E-state index contributed by atoms with van der Waals surface area (Å²) in [5.74, 6) is 0. The summed E-state index contributed by atoms with van der Waals surface area (Å²) in [4.78, 5) is 0. The van der Waals surface area contributed by atoms with Crippen molar-refractivity contribution in [1.82, 2.24) is 0 Å². The third kappa shape index (κ3) is 4.49. The van der Waals surface area contributed by atoms with E-state index in [1.54, 1.807) is 26.0 Å². The predicted molar refractivity (Wildman–Crippen MR) is 92.6 cm³/mol. The van der Waals surface area contributed by atoms with E-state index < -0.39 is 15.3 Å². The van der Waals surface area contributed by atoms with Gasteiger partial charge >= 0.3 is 0 Å². The maximum atomic E-state index is 11.8. The van der Waals surface area contributed by atoms with Gasteiger partial charge in [0.2, 0.25) is 10.0 Å². The van der Waals surface area contributed by atoms with E-state index in [1.807, 2.05) is 24.3 Å². The summed E-state index contributed by atoms with van der Waals surface area (Å²) >= 11 is 0. The molecule has 0 saturated heterocycles. The number of rotatable bonds is 6. The summed E-state index contributed by atoms with van der Waals surface area (Å²) in [6, 6.07) is 15.6. The molecular weight excluding hydrogens is 296 g/mol. The minimum atomic E-state index is -3.29. The van der Waals surface area contributed by atoms with Gasteiger partial charge in [0, 0.05) is 17.9 Å². The van der Waals surface area contributed by atoms with E-state index in [1.165, 1.54) is 5.56 Å². The van der Waals surface area contributed by atoms with Crippen LogP contribution in [0.3, 0.4) is 0 Å². The molecule has 0 heterocycles. The summed E-state index contributed by atoms with van der Waals surface area (Å²) < 4.78 is 26.2. The highest BCUT2D eigenvalue weighted by molar-refractivity contribution is 7.93. The predicted octanol–water partition coefficient (Wildman–Crippen LogP) is 3.76. The summed E-state index contributed by atoms with van der Waals surface area (Å²) in [7, 11) is -3.29. The lowest BCUT2D eigenvalue weighted by Gasteiger charge is -2.11. The normalized spacial score (nSPS) is 11.5. The number of benzene rings is 2. The average Bonchev–Trinajstić information content (AvgIpc) is 2.48. The second-order valence-corrected chi connectivity index (χ2v) is 7.85. The molecule has 0 aliphatic carbocycles. The van der Waals surface area contributed by atoms with Crippen molar-refractivity contribution >= 4 is 21.4 Å². The highest BCUT2D eigenvalue weighted by Crippen LogP contribution is 2.15. The van der Waals surface area contributed by atoms with Gasteiger partial charge in [-0.25, -0.2) is 8.42 Å². The van der Waals surface area contributed by atoms with Gasteiger partial charge in [-0.1, -0.05) is 29.8 Å². The molecular formula is C17H22N2O2S. The minimum Gasteiger partial charge on any atom is -0.381 e. The third-order valence-corrected chi connectivity index (χ3v) is 5.14. The van der Waals surface area contributed by atoms with E-state index in [0.29, 0.717) is 12.2 Å². The maximum Gasteiger partial charge on any atom is 0.235 e. The SMILES string of the molecule is Cc1ccc(NCc2ccc(NS(=O)(=O)C(C)C)cc2)cc1. The number of aryl methyl sites for hydroxylation is 1. The molecule has 0 amide bonds. The first kappa shape index (κ1) is 16.4. The molecule has 22 heavy (non-hydrogen) atoms. The summed E-state index contributed by atoms with van der Waals surface area (Å²) in [6.45, 7) is 6.06. The first-order valence-corrected chi connectivity index (χ1v) is 8.82. The maximum absolute atomic E-state index is 11.8. The van der Waals surface area contributed by atoms with Crippen molar-refractivity contribution in [3.8, 4) is 0 Å². The van der Waals surface area contributed by atoms with Crippen molar-refractivity contribution in [3.63, 3.8) is 0 Å². The fourth-order valence-electron chi connectivity index (χ4n) is 1.85. The molecule has 2 rings (SSSR count).